The average molecular weight is 346 g/mol. The topological polar surface area (TPSA) is 49.9 Å². The lowest BCUT2D eigenvalue weighted by Crippen LogP contribution is -2.41. The Labute approximate surface area is 150 Å². The normalized spacial score (nSPS) is 17.4. The largest absolute Gasteiger partial charge is 0.383 e. The Morgan fingerprint density at radius 1 is 1.32 bits per heavy atom. The maximum atomic E-state index is 12.9. The van der Waals surface area contributed by atoms with E-state index in [0.717, 1.165) is 5.56 Å². The van der Waals surface area contributed by atoms with Gasteiger partial charge >= 0.3 is 0 Å². The second kappa shape index (κ2) is 8.99. The van der Waals surface area contributed by atoms with Gasteiger partial charge < -0.3 is 14.5 Å². The SMILES string of the molecule is COCCN(CC(C)C)C(=O)C1CC(=O)N(Cc2ccc(C)cc2)C1. The molecule has 1 saturated heterocycles. The number of amides is 2. The van der Waals surface area contributed by atoms with Crippen molar-refractivity contribution in [2.24, 2.45) is 11.8 Å². The van der Waals surface area contributed by atoms with Crippen molar-refractivity contribution in [2.75, 3.05) is 33.4 Å². The van der Waals surface area contributed by atoms with Gasteiger partial charge in [0.2, 0.25) is 11.8 Å². The lowest BCUT2D eigenvalue weighted by molar-refractivity contribution is -0.137. The smallest absolute Gasteiger partial charge is 0.228 e. The minimum Gasteiger partial charge on any atom is -0.383 e. The first kappa shape index (κ1) is 19.4. The number of ether oxygens (including phenoxy) is 1. The molecule has 1 atom stereocenters. The Balaban J connectivity index is 1.98. The molecule has 5 nitrogen and oxygen atoms in total. The molecule has 0 aliphatic carbocycles. The fourth-order valence-corrected chi connectivity index (χ4v) is 3.20. The van der Waals surface area contributed by atoms with Crippen LogP contribution in [0.4, 0.5) is 0 Å². The van der Waals surface area contributed by atoms with Crippen LogP contribution in [0.1, 0.15) is 31.4 Å². The lowest BCUT2D eigenvalue weighted by Gasteiger charge is -2.27. The van der Waals surface area contributed by atoms with Crippen LogP contribution in [-0.4, -0.2) is 55.0 Å². The molecule has 0 radical (unpaired) electrons. The molecular weight excluding hydrogens is 316 g/mol. The summed E-state index contributed by atoms with van der Waals surface area (Å²) in [5, 5.41) is 0. The first-order chi connectivity index (χ1) is 11.9. The van der Waals surface area contributed by atoms with Gasteiger partial charge in [-0.1, -0.05) is 43.7 Å². The van der Waals surface area contributed by atoms with Gasteiger partial charge in [-0.25, -0.2) is 0 Å². The maximum Gasteiger partial charge on any atom is 0.228 e. The average Bonchev–Trinajstić information content (AvgIpc) is 2.93. The van der Waals surface area contributed by atoms with Gasteiger partial charge in [-0.05, 0) is 18.4 Å². The van der Waals surface area contributed by atoms with Crippen LogP contribution in [0, 0.1) is 18.8 Å². The van der Waals surface area contributed by atoms with Crippen molar-refractivity contribution in [3.8, 4) is 0 Å². The summed E-state index contributed by atoms with van der Waals surface area (Å²) in [4.78, 5) is 28.9. The first-order valence-corrected chi connectivity index (χ1v) is 9.01. The van der Waals surface area contributed by atoms with E-state index in [-0.39, 0.29) is 17.7 Å². The predicted octanol–water partition coefficient (Wildman–Crippen LogP) is 2.47. The molecule has 1 fully saturated rings. The van der Waals surface area contributed by atoms with Gasteiger partial charge in [-0.15, -0.1) is 0 Å². The number of carbonyl (C=O) groups excluding carboxylic acids is 2. The van der Waals surface area contributed by atoms with Crippen LogP contribution < -0.4 is 0 Å². The summed E-state index contributed by atoms with van der Waals surface area (Å²) in [7, 11) is 1.64. The molecule has 1 aromatic carbocycles. The summed E-state index contributed by atoms with van der Waals surface area (Å²) in [6, 6.07) is 8.18. The standard InChI is InChI=1S/C20H30N2O3/c1-15(2)12-21(9-10-25-4)20(24)18-11-19(23)22(14-18)13-17-7-5-16(3)6-8-17/h5-8,15,18H,9-14H2,1-4H3. The number of methoxy groups -OCH3 is 1. The summed E-state index contributed by atoms with van der Waals surface area (Å²) in [6.07, 6.45) is 0.312. The fourth-order valence-electron chi connectivity index (χ4n) is 3.20. The number of aryl methyl sites for hydroxylation is 1. The second-order valence-corrected chi connectivity index (χ2v) is 7.33. The van der Waals surface area contributed by atoms with E-state index in [1.54, 1.807) is 12.0 Å². The molecule has 2 rings (SSSR count). The molecule has 1 unspecified atom stereocenters. The van der Waals surface area contributed by atoms with Gasteiger partial charge in [0.05, 0.1) is 12.5 Å². The van der Waals surface area contributed by atoms with E-state index < -0.39 is 0 Å². The Bertz CT molecular complexity index is 583. The van der Waals surface area contributed by atoms with E-state index in [1.165, 1.54) is 5.56 Å². The fraction of sp³-hybridized carbons (Fsp3) is 0.600. The number of hydrogen-bond acceptors (Lipinski definition) is 3. The van der Waals surface area contributed by atoms with Gasteiger partial charge in [0.15, 0.2) is 0 Å². The molecule has 0 bridgehead atoms. The van der Waals surface area contributed by atoms with Gasteiger partial charge in [-0.3, -0.25) is 9.59 Å². The van der Waals surface area contributed by atoms with Crippen LogP contribution in [0.3, 0.4) is 0 Å². The zero-order valence-electron chi connectivity index (χ0n) is 15.8. The Hall–Kier alpha value is -1.88. The molecule has 0 saturated carbocycles. The monoisotopic (exact) mass is 346 g/mol. The summed E-state index contributed by atoms with van der Waals surface area (Å²) < 4.78 is 5.13. The van der Waals surface area contributed by atoms with Crippen molar-refractivity contribution < 1.29 is 14.3 Å². The highest BCUT2D eigenvalue weighted by molar-refractivity contribution is 5.89. The van der Waals surface area contributed by atoms with Crippen LogP contribution in [0.2, 0.25) is 0 Å². The van der Waals surface area contributed by atoms with Gasteiger partial charge in [0.25, 0.3) is 0 Å². The van der Waals surface area contributed by atoms with Crippen LogP contribution in [0.25, 0.3) is 0 Å². The summed E-state index contributed by atoms with van der Waals surface area (Å²) in [6.45, 7) is 9.11. The van der Waals surface area contributed by atoms with Crippen molar-refractivity contribution in [2.45, 2.75) is 33.7 Å². The number of nitrogens with zero attached hydrogens (tertiary/aromatic N) is 2. The van der Waals surface area contributed by atoms with E-state index in [4.69, 9.17) is 4.74 Å². The molecular formula is C20H30N2O3. The minimum atomic E-state index is -0.242. The highest BCUT2D eigenvalue weighted by Crippen LogP contribution is 2.23. The molecule has 1 aliphatic rings. The molecule has 0 aromatic heterocycles. The van der Waals surface area contributed by atoms with Gasteiger partial charge in [0, 0.05) is 39.7 Å². The molecule has 2 amide bonds. The molecule has 1 aliphatic heterocycles. The van der Waals surface area contributed by atoms with E-state index in [0.29, 0.717) is 45.1 Å². The third kappa shape index (κ3) is 5.56. The van der Waals surface area contributed by atoms with E-state index in [9.17, 15) is 9.59 Å². The third-order valence-electron chi connectivity index (χ3n) is 4.52. The molecule has 0 N–H and O–H groups in total. The van der Waals surface area contributed by atoms with Crippen molar-refractivity contribution in [3.05, 3.63) is 35.4 Å². The van der Waals surface area contributed by atoms with E-state index in [1.807, 2.05) is 36.1 Å². The van der Waals surface area contributed by atoms with Crippen molar-refractivity contribution in [3.63, 3.8) is 0 Å². The van der Waals surface area contributed by atoms with Crippen LogP contribution in [0.15, 0.2) is 24.3 Å². The molecule has 25 heavy (non-hydrogen) atoms. The Kier molecular flexibility index (Phi) is 7.00. The number of benzene rings is 1. The summed E-state index contributed by atoms with van der Waals surface area (Å²) >= 11 is 0. The van der Waals surface area contributed by atoms with E-state index in [2.05, 4.69) is 13.8 Å². The molecule has 0 spiro atoms. The molecule has 1 aromatic rings. The highest BCUT2D eigenvalue weighted by atomic mass is 16.5. The van der Waals surface area contributed by atoms with Crippen LogP contribution >= 0.6 is 0 Å². The number of hydrogen-bond donors (Lipinski definition) is 0. The molecule has 138 valence electrons. The molecule has 1 heterocycles. The Morgan fingerprint density at radius 3 is 2.60 bits per heavy atom. The maximum absolute atomic E-state index is 12.9. The van der Waals surface area contributed by atoms with E-state index >= 15 is 0 Å². The molecule has 5 heteroatoms. The van der Waals surface area contributed by atoms with Crippen LogP contribution in [0.5, 0.6) is 0 Å². The van der Waals surface area contributed by atoms with Crippen molar-refractivity contribution in [1.29, 1.82) is 0 Å². The quantitative estimate of drug-likeness (QED) is 0.727. The summed E-state index contributed by atoms with van der Waals surface area (Å²) in [5.74, 6) is 0.288. The third-order valence-corrected chi connectivity index (χ3v) is 4.52. The van der Waals surface area contributed by atoms with Crippen LogP contribution in [-0.2, 0) is 20.9 Å². The second-order valence-electron chi connectivity index (χ2n) is 7.33. The van der Waals surface area contributed by atoms with Crippen molar-refractivity contribution in [1.82, 2.24) is 9.80 Å². The zero-order valence-corrected chi connectivity index (χ0v) is 15.8. The van der Waals surface area contributed by atoms with Gasteiger partial charge in [0.1, 0.15) is 0 Å². The highest BCUT2D eigenvalue weighted by Gasteiger charge is 2.36. The number of rotatable bonds is 8. The summed E-state index contributed by atoms with van der Waals surface area (Å²) in [5.41, 5.74) is 2.30. The Morgan fingerprint density at radius 2 is 2.00 bits per heavy atom. The zero-order chi connectivity index (χ0) is 18.4. The lowest BCUT2D eigenvalue weighted by atomic mass is 10.1. The predicted molar refractivity (Wildman–Crippen MR) is 98.0 cm³/mol. The first-order valence-electron chi connectivity index (χ1n) is 9.01. The minimum absolute atomic E-state index is 0.0650. The van der Waals surface area contributed by atoms with Crippen molar-refractivity contribution >= 4 is 11.8 Å². The number of likely N-dealkylation sites (tertiary alicyclic amines) is 1. The number of carbonyl (C=O) groups is 2. The van der Waals surface area contributed by atoms with Gasteiger partial charge in [-0.2, -0.15) is 0 Å².